The molecule has 1 nitrogen and oxygen atoms in total. The summed E-state index contributed by atoms with van der Waals surface area (Å²) in [5.74, 6) is -0.155. The van der Waals surface area contributed by atoms with Crippen molar-refractivity contribution in [1.82, 2.24) is 5.32 Å². The van der Waals surface area contributed by atoms with E-state index in [4.69, 9.17) is 0 Å². The van der Waals surface area contributed by atoms with E-state index in [0.717, 1.165) is 11.1 Å². The lowest BCUT2D eigenvalue weighted by Gasteiger charge is -2.06. The lowest BCUT2D eigenvalue weighted by molar-refractivity contribution is 0.601. The summed E-state index contributed by atoms with van der Waals surface area (Å²) in [5, 5.41) is 2.95. The molecule has 0 fully saturated rings. The molecule has 0 bridgehead atoms. The van der Waals surface area contributed by atoms with Crippen LogP contribution in [0.1, 0.15) is 11.1 Å². The minimum absolute atomic E-state index is 0.155. The summed E-state index contributed by atoms with van der Waals surface area (Å²) in [6.45, 7) is 2.60. The lowest BCUT2D eigenvalue weighted by Crippen LogP contribution is -2.06. The second-order valence-corrected chi connectivity index (χ2v) is 4.20. The van der Waals surface area contributed by atoms with Crippen molar-refractivity contribution < 1.29 is 4.39 Å². The average Bonchev–Trinajstić information content (AvgIpc) is 2.33. The molecule has 0 aromatic heterocycles. The molecule has 0 aliphatic rings. The maximum atomic E-state index is 13.8. The van der Waals surface area contributed by atoms with Crippen LogP contribution < -0.4 is 5.32 Å². The summed E-state index contributed by atoms with van der Waals surface area (Å²) in [7, 11) is 1.81. The Balaban J connectivity index is 2.34. The highest BCUT2D eigenvalue weighted by Crippen LogP contribution is 2.22. The Morgan fingerprint density at radius 2 is 1.65 bits per heavy atom. The van der Waals surface area contributed by atoms with Crippen LogP contribution in [-0.4, -0.2) is 7.05 Å². The molecule has 0 saturated carbocycles. The molecule has 0 amide bonds. The van der Waals surface area contributed by atoms with Gasteiger partial charge in [0.1, 0.15) is 5.82 Å². The topological polar surface area (TPSA) is 12.0 Å². The fraction of sp³-hybridized carbons (Fsp3) is 0.200. The van der Waals surface area contributed by atoms with Gasteiger partial charge in [0.25, 0.3) is 0 Å². The Morgan fingerprint density at radius 1 is 1.00 bits per heavy atom. The van der Waals surface area contributed by atoms with E-state index in [0.29, 0.717) is 12.1 Å². The van der Waals surface area contributed by atoms with E-state index < -0.39 is 0 Å². The highest BCUT2D eigenvalue weighted by Gasteiger charge is 2.04. The number of benzene rings is 2. The minimum atomic E-state index is -0.155. The van der Waals surface area contributed by atoms with Crippen LogP contribution >= 0.6 is 0 Å². The highest BCUT2D eigenvalue weighted by molar-refractivity contribution is 5.64. The van der Waals surface area contributed by atoms with Gasteiger partial charge in [0, 0.05) is 12.1 Å². The van der Waals surface area contributed by atoms with Gasteiger partial charge < -0.3 is 5.32 Å². The van der Waals surface area contributed by atoms with E-state index in [9.17, 15) is 4.39 Å². The maximum absolute atomic E-state index is 13.8. The van der Waals surface area contributed by atoms with Gasteiger partial charge in [-0.2, -0.15) is 0 Å². The van der Waals surface area contributed by atoms with Gasteiger partial charge >= 0.3 is 0 Å². The Morgan fingerprint density at radius 3 is 2.24 bits per heavy atom. The first-order valence-electron chi connectivity index (χ1n) is 5.71. The van der Waals surface area contributed by atoms with Crippen LogP contribution in [0, 0.1) is 12.7 Å². The van der Waals surface area contributed by atoms with E-state index in [2.05, 4.69) is 5.32 Å². The zero-order chi connectivity index (χ0) is 12.3. The van der Waals surface area contributed by atoms with Gasteiger partial charge in [-0.1, -0.05) is 42.0 Å². The summed E-state index contributed by atoms with van der Waals surface area (Å²) in [6.07, 6.45) is 0. The molecule has 88 valence electrons. The monoisotopic (exact) mass is 229 g/mol. The molecule has 0 radical (unpaired) electrons. The Bertz CT molecular complexity index is 503. The molecule has 0 atom stereocenters. The van der Waals surface area contributed by atoms with Crippen LogP contribution in [0.3, 0.4) is 0 Å². The molecule has 0 aliphatic heterocycles. The zero-order valence-electron chi connectivity index (χ0n) is 10.1. The first-order chi connectivity index (χ1) is 8.20. The van der Waals surface area contributed by atoms with Crippen LogP contribution in [0.5, 0.6) is 0 Å². The first-order valence-corrected chi connectivity index (χ1v) is 5.71. The molecule has 0 saturated heterocycles. The van der Waals surface area contributed by atoms with Crippen LogP contribution in [0.15, 0.2) is 42.5 Å². The largest absolute Gasteiger partial charge is 0.316 e. The average molecular weight is 229 g/mol. The molecule has 2 rings (SSSR count). The summed E-state index contributed by atoms with van der Waals surface area (Å²) in [5.41, 5.74) is 3.87. The number of nitrogens with one attached hydrogen (secondary N) is 1. The SMILES string of the molecule is CNCc1ccc(-c2ccc(C)cc2)cc1F. The van der Waals surface area contributed by atoms with Gasteiger partial charge in [-0.15, -0.1) is 0 Å². The standard InChI is InChI=1S/C15H16FN/c1-11-3-5-12(6-4-11)13-7-8-14(10-17-2)15(16)9-13/h3-9,17H,10H2,1-2H3. The summed E-state index contributed by atoms with van der Waals surface area (Å²) in [6, 6.07) is 13.5. The quantitative estimate of drug-likeness (QED) is 0.849. The second-order valence-electron chi connectivity index (χ2n) is 4.20. The van der Waals surface area contributed by atoms with Crippen molar-refractivity contribution in [3.8, 4) is 11.1 Å². The highest BCUT2D eigenvalue weighted by atomic mass is 19.1. The lowest BCUT2D eigenvalue weighted by atomic mass is 10.0. The van der Waals surface area contributed by atoms with E-state index in [1.807, 2.05) is 50.4 Å². The van der Waals surface area contributed by atoms with E-state index in [1.165, 1.54) is 5.56 Å². The number of hydrogen-bond donors (Lipinski definition) is 1. The summed E-state index contributed by atoms with van der Waals surface area (Å²) < 4.78 is 13.8. The molecule has 0 heterocycles. The molecule has 1 N–H and O–H groups in total. The smallest absolute Gasteiger partial charge is 0.128 e. The van der Waals surface area contributed by atoms with Crippen molar-refractivity contribution in [1.29, 1.82) is 0 Å². The van der Waals surface area contributed by atoms with Gasteiger partial charge in [0.2, 0.25) is 0 Å². The van der Waals surface area contributed by atoms with Crippen molar-refractivity contribution in [3.05, 3.63) is 59.4 Å². The van der Waals surface area contributed by atoms with Gasteiger partial charge in [0.15, 0.2) is 0 Å². The Labute approximate surface area is 101 Å². The zero-order valence-corrected chi connectivity index (χ0v) is 10.1. The predicted octanol–water partition coefficient (Wildman–Crippen LogP) is 3.52. The third-order valence-corrected chi connectivity index (χ3v) is 2.81. The van der Waals surface area contributed by atoms with Crippen LogP contribution in [0.2, 0.25) is 0 Å². The molecular weight excluding hydrogens is 213 g/mol. The van der Waals surface area contributed by atoms with E-state index >= 15 is 0 Å². The molecule has 2 aromatic rings. The molecular formula is C15H16FN. The van der Waals surface area contributed by atoms with Crippen molar-refractivity contribution >= 4 is 0 Å². The van der Waals surface area contributed by atoms with Gasteiger partial charge in [-0.05, 0) is 31.2 Å². The van der Waals surface area contributed by atoms with E-state index in [1.54, 1.807) is 6.07 Å². The first kappa shape index (κ1) is 11.8. The third-order valence-electron chi connectivity index (χ3n) is 2.81. The van der Waals surface area contributed by atoms with Crippen molar-refractivity contribution in [2.45, 2.75) is 13.5 Å². The predicted molar refractivity (Wildman–Crippen MR) is 69.3 cm³/mol. The fourth-order valence-electron chi connectivity index (χ4n) is 1.81. The molecule has 2 aromatic carbocycles. The summed E-state index contributed by atoms with van der Waals surface area (Å²) >= 11 is 0. The van der Waals surface area contributed by atoms with Crippen molar-refractivity contribution in [2.24, 2.45) is 0 Å². The number of aryl methyl sites for hydroxylation is 1. The molecule has 17 heavy (non-hydrogen) atoms. The van der Waals surface area contributed by atoms with Crippen LogP contribution in [0.4, 0.5) is 4.39 Å². The number of halogens is 1. The van der Waals surface area contributed by atoms with Crippen molar-refractivity contribution in [3.63, 3.8) is 0 Å². The van der Waals surface area contributed by atoms with Gasteiger partial charge in [-0.3, -0.25) is 0 Å². The fourth-order valence-corrected chi connectivity index (χ4v) is 1.81. The van der Waals surface area contributed by atoms with Crippen molar-refractivity contribution in [2.75, 3.05) is 7.05 Å². The maximum Gasteiger partial charge on any atom is 0.128 e. The number of rotatable bonds is 3. The third kappa shape index (κ3) is 2.71. The van der Waals surface area contributed by atoms with Crippen LogP contribution in [0.25, 0.3) is 11.1 Å². The van der Waals surface area contributed by atoms with Crippen LogP contribution in [-0.2, 0) is 6.54 Å². The minimum Gasteiger partial charge on any atom is -0.316 e. The molecule has 2 heteroatoms. The molecule has 0 spiro atoms. The van der Waals surface area contributed by atoms with Gasteiger partial charge in [-0.25, -0.2) is 4.39 Å². The second kappa shape index (κ2) is 5.11. The summed E-state index contributed by atoms with van der Waals surface area (Å²) in [4.78, 5) is 0. The molecule has 0 unspecified atom stereocenters. The Hall–Kier alpha value is -1.67. The van der Waals surface area contributed by atoms with Gasteiger partial charge in [0.05, 0.1) is 0 Å². The Kier molecular flexibility index (Phi) is 3.55. The number of hydrogen-bond acceptors (Lipinski definition) is 1. The molecule has 0 aliphatic carbocycles. The van der Waals surface area contributed by atoms with E-state index in [-0.39, 0.29) is 5.82 Å². The normalized spacial score (nSPS) is 10.5.